The van der Waals surface area contributed by atoms with Crippen molar-refractivity contribution in [3.63, 3.8) is 0 Å². The lowest BCUT2D eigenvalue weighted by Gasteiger charge is -2.14. The lowest BCUT2D eigenvalue weighted by molar-refractivity contribution is -0.128. The number of nitrogens with zero attached hydrogens (tertiary/aromatic N) is 1. The van der Waals surface area contributed by atoms with Gasteiger partial charge in [0.2, 0.25) is 5.91 Å². The topological polar surface area (TPSA) is 20.3 Å². The van der Waals surface area contributed by atoms with Gasteiger partial charge in [-0.15, -0.1) is 22.9 Å². The lowest BCUT2D eigenvalue weighted by Crippen LogP contribution is -2.24. The number of alkyl halides is 1. The lowest BCUT2D eigenvalue weighted by atomic mass is 10.2. The fourth-order valence-electron chi connectivity index (χ4n) is 2.24. The van der Waals surface area contributed by atoms with Gasteiger partial charge in [-0.25, -0.2) is 0 Å². The molecule has 0 aliphatic carbocycles. The number of likely N-dealkylation sites (tertiary alicyclic amines) is 1. The third kappa shape index (κ3) is 2.05. The molecule has 1 aliphatic rings. The Bertz CT molecular complexity index is 565. The van der Waals surface area contributed by atoms with Gasteiger partial charge in [-0.2, -0.15) is 0 Å². The number of hydrogen-bond donors (Lipinski definition) is 0. The van der Waals surface area contributed by atoms with Gasteiger partial charge >= 0.3 is 0 Å². The van der Waals surface area contributed by atoms with Crippen molar-refractivity contribution >= 4 is 38.9 Å². The molecule has 1 saturated heterocycles. The number of benzene rings is 1. The van der Waals surface area contributed by atoms with E-state index in [0.29, 0.717) is 19.5 Å². The van der Waals surface area contributed by atoms with Crippen LogP contribution >= 0.6 is 22.9 Å². The van der Waals surface area contributed by atoms with E-state index >= 15 is 0 Å². The van der Waals surface area contributed by atoms with Crippen LogP contribution in [-0.4, -0.2) is 22.7 Å². The molecule has 4 heteroatoms. The quantitative estimate of drug-likeness (QED) is 0.764. The van der Waals surface area contributed by atoms with Crippen LogP contribution < -0.4 is 0 Å². The molecule has 0 radical (unpaired) electrons. The number of halogens is 1. The number of amides is 1. The second-order valence-corrected chi connectivity index (χ2v) is 5.86. The zero-order chi connectivity index (χ0) is 11.8. The van der Waals surface area contributed by atoms with E-state index in [1.54, 1.807) is 11.3 Å². The molecule has 3 rings (SSSR count). The minimum atomic E-state index is -0.0209. The average Bonchev–Trinajstić information content (AvgIpc) is 2.85. The summed E-state index contributed by atoms with van der Waals surface area (Å²) in [6.07, 6.45) is 0.476. The SMILES string of the molecule is O=C1CC(Cl)CN1Cc1csc2ccccc12. The molecule has 1 aliphatic heterocycles. The highest BCUT2D eigenvalue weighted by Crippen LogP contribution is 2.28. The summed E-state index contributed by atoms with van der Waals surface area (Å²) in [5.74, 6) is 0.167. The Hall–Kier alpha value is -1.06. The van der Waals surface area contributed by atoms with Gasteiger partial charge in [-0.1, -0.05) is 18.2 Å². The summed E-state index contributed by atoms with van der Waals surface area (Å²) < 4.78 is 1.27. The van der Waals surface area contributed by atoms with Crippen LogP contribution in [0, 0.1) is 0 Å². The summed E-state index contributed by atoms with van der Waals surface area (Å²) in [7, 11) is 0. The standard InChI is InChI=1S/C13H12ClNOS/c14-10-5-13(16)15(7-10)6-9-8-17-12-4-2-1-3-11(9)12/h1-4,8,10H,5-7H2. The molecule has 0 N–H and O–H groups in total. The largest absolute Gasteiger partial charge is 0.337 e. The van der Waals surface area contributed by atoms with Crippen LogP contribution in [0.25, 0.3) is 10.1 Å². The van der Waals surface area contributed by atoms with E-state index in [4.69, 9.17) is 11.6 Å². The first-order chi connectivity index (χ1) is 8.24. The van der Waals surface area contributed by atoms with Gasteiger partial charge in [-0.3, -0.25) is 4.79 Å². The van der Waals surface area contributed by atoms with Crippen LogP contribution in [0.15, 0.2) is 29.6 Å². The first-order valence-corrected chi connectivity index (χ1v) is 6.92. The predicted molar refractivity (Wildman–Crippen MR) is 71.5 cm³/mol. The van der Waals surface area contributed by atoms with Gasteiger partial charge in [-0.05, 0) is 22.4 Å². The Labute approximate surface area is 109 Å². The molecule has 17 heavy (non-hydrogen) atoms. The Kier molecular flexibility index (Phi) is 2.81. The van der Waals surface area contributed by atoms with Crippen molar-refractivity contribution in [2.24, 2.45) is 0 Å². The van der Waals surface area contributed by atoms with Gasteiger partial charge in [0, 0.05) is 24.2 Å². The number of hydrogen-bond acceptors (Lipinski definition) is 2. The van der Waals surface area contributed by atoms with Crippen molar-refractivity contribution in [1.29, 1.82) is 0 Å². The van der Waals surface area contributed by atoms with E-state index in [9.17, 15) is 4.79 Å². The molecule has 1 amide bonds. The summed E-state index contributed by atoms with van der Waals surface area (Å²) in [6, 6.07) is 8.30. The van der Waals surface area contributed by atoms with E-state index in [-0.39, 0.29) is 11.3 Å². The minimum Gasteiger partial charge on any atom is -0.337 e. The molecule has 1 aromatic heterocycles. The fraction of sp³-hybridized carbons (Fsp3) is 0.308. The summed E-state index contributed by atoms with van der Waals surface area (Å²) >= 11 is 7.73. The van der Waals surface area contributed by atoms with Gasteiger partial charge in [0.1, 0.15) is 0 Å². The molecule has 1 fully saturated rings. The van der Waals surface area contributed by atoms with E-state index in [0.717, 1.165) is 0 Å². The van der Waals surface area contributed by atoms with Crippen molar-refractivity contribution in [2.75, 3.05) is 6.54 Å². The van der Waals surface area contributed by atoms with Crippen LogP contribution in [0.4, 0.5) is 0 Å². The van der Waals surface area contributed by atoms with Gasteiger partial charge in [0.15, 0.2) is 0 Å². The highest BCUT2D eigenvalue weighted by Gasteiger charge is 2.28. The van der Waals surface area contributed by atoms with Crippen LogP contribution in [0.1, 0.15) is 12.0 Å². The molecule has 2 nitrogen and oxygen atoms in total. The van der Waals surface area contributed by atoms with Gasteiger partial charge < -0.3 is 4.90 Å². The second kappa shape index (κ2) is 4.31. The number of rotatable bonds is 2. The molecule has 1 aromatic carbocycles. The smallest absolute Gasteiger partial charge is 0.224 e. The Balaban J connectivity index is 1.88. The highest BCUT2D eigenvalue weighted by molar-refractivity contribution is 7.17. The normalized spacial score (nSPS) is 20.4. The van der Waals surface area contributed by atoms with Crippen molar-refractivity contribution in [2.45, 2.75) is 18.3 Å². The van der Waals surface area contributed by atoms with Crippen LogP contribution in [0.2, 0.25) is 0 Å². The molecule has 2 heterocycles. The number of thiophene rings is 1. The monoisotopic (exact) mass is 265 g/mol. The summed E-state index contributed by atoms with van der Waals surface area (Å²) in [5.41, 5.74) is 1.23. The van der Waals surface area contributed by atoms with E-state index < -0.39 is 0 Å². The Morgan fingerprint density at radius 1 is 1.41 bits per heavy atom. The maximum absolute atomic E-state index is 11.7. The second-order valence-electron chi connectivity index (χ2n) is 4.33. The molecule has 1 unspecified atom stereocenters. The van der Waals surface area contributed by atoms with Gasteiger partial charge in [0.25, 0.3) is 0 Å². The van der Waals surface area contributed by atoms with E-state index in [1.807, 2.05) is 17.0 Å². The molecular formula is C13H12ClNOS. The van der Waals surface area contributed by atoms with E-state index in [2.05, 4.69) is 17.5 Å². The first kappa shape index (κ1) is 11.1. The van der Waals surface area contributed by atoms with Gasteiger partial charge in [0.05, 0.1) is 5.38 Å². The zero-order valence-electron chi connectivity index (χ0n) is 9.23. The van der Waals surface area contributed by atoms with Crippen LogP contribution in [0.3, 0.4) is 0 Å². The van der Waals surface area contributed by atoms with Crippen molar-refractivity contribution in [3.8, 4) is 0 Å². The molecule has 0 saturated carbocycles. The summed E-state index contributed by atoms with van der Waals surface area (Å²) in [6.45, 7) is 1.36. The maximum atomic E-state index is 11.7. The highest BCUT2D eigenvalue weighted by atomic mass is 35.5. The predicted octanol–water partition coefficient (Wildman–Crippen LogP) is 3.24. The Morgan fingerprint density at radius 2 is 2.24 bits per heavy atom. The fourth-order valence-corrected chi connectivity index (χ4v) is 3.49. The maximum Gasteiger partial charge on any atom is 0.224 e. The summed E-state index contributed by atoms with van der Waals surface area (Å²) in [4.78, 5) is 13.5. The van der Waals surface area contributed by atoms with Crippen LogP contribution in [-0.2, 0) is 11.3 Å². The number of fused-ring (bicyclic) bond motifs is 1. The molecule has 2 aromatic rings. The zero-order valence-corrected chi connectivity index (χ0v) is 10.8. The van der Waals surface area contributed by atoms with E-state index in [1.165, 1.54) is 15.6 Å². The van der Waals surface area contributed by atoms with Crippen molar-refractivity contribution in [3.05, 3.63) is 35.2 Å². The molecule has 1 atom stereocenters. The molecule has 88 valence electrons. The third-order valence-corrected chi connectivity index (χ3v) is 4.39. The third-order valence-electron chi connectivity index (χ3n) is 3.09. The van der Waals surface area contributed by atoms with Crippen LogP contribution in [0.5, 0.6) is 0 Å². The van der Waals surface area contributed by atoms with Crippen molar-refractivity contribution < 1.29 is 4.79 Å². The number of carbonyl (C=O) groups excluding carboxylic acids is 1. The molecule has 0 spiro atoms. The minimum absolute atomic E-state index is 0.0209. The Morgan fingerprint density at radius 3 is 3.00 bits per heavy atom. The number of carbonyl (C=O) groups is 1. The first-order valence-electron chi connectivity index (χ1n) is 5.61. The molecule has 0 bridgehead atoms. The average molecular weight is 266 g/mol. The molecular weight excluding hydrogens is 254 g/mol. The van der Waals surface area contributed by atoms with Crippen molar-refractivity contribution in [1.82, 2.24) is 4.90 Å². The summed E-state index contributed by atoms with van der Waals surface area (Å²) in [5, 5.41) is 3.37.